The summed E-state index contributed by atoms with van der Waals surface area (Å²) in [5, 5.41) is 0.535. The smallest absolute Gasteiger partial charge is 0.236 e. The first-order valence-electron chi connectivity index (χ1n) is 10.3. The summed E-state index contributed by atoms with van der Waals surface area (Å²) in [4.78, 5) is 28.4. The zero-order chi connectivity index (χ0) is 19.0. The van der Waals surface area contributed by atoms with E-state index in [1.54, 1.807) is 0 Å². The Labute approximate surface area is 166 Å². The quantitative estimate of drug-likeness (QED) is 0.738. The molecular weight excluding hydrogens is 362 g/mol. The van der Waals surface area contributed by atoms with Crippen LogP contribution in [0.25, 0.3) is 0 Å². The fraction of sp³-hybridized carbons (Fsp3) is 0.750. The lowest BCUT2D eigenvalue weighted by molar-refractivity contribution is -0.135. The van der Waals surface area contributed by atoms with Gasteiger partial charge in [0, 0.05) is 51.3 Å². The van der Waals surface area contributed by atoms with Crippen molar-refractivity contribution >= 4 is 23.3 Å². The minimum absolute atomic E-state index is 0.281. The summed E-state index contributed by atoms with van der Waals surface area (Å²) in [5.74, 6) is 3.82. The van der Waals surface area contributed by atoms with Crippen LogP contribution in [0.5, 0.6) is 0 Å². The molecule has 1 aromatic heterocycles. The molecule has 148 valence electrons. The molecule has 0 aromatic carbocycles. The van der Waals surface area contributed by atoms with Gasteiger partial charge in [0.25, 0.3) is 0 Å². The molecule has 0 N–H and O–H groups in total. The van der Waals surface area contributed by atoms with Crippen LogP contribution < -0.4 is 4.90 Å². The van der Waals surface area contributed by atoms with Crippen LogP contribution >= 0.6 is 11.6 Å². The fourth-order valence-electron chi connectivity index (χ4n) is 4.40. The van der Waals surface area contributed by atoms with Crippen molar-refractivity contribution in [3.8, 4) is 0 Å². The number of carbonyl (C=O) groups is 1. The largest absolute Gasteiger partial charge is 0.354 e. The molecule has 27 heavy (non-hydrogen) atoms. The summed E-state index contributed by atoms with van der Waals surface area (Å²) in [7, 11) is 0. The van der Waals surface area contributed by atoms with E-state index < -0.39 is 0 Å². The number of piperazine rings is 1. The first-order valence-corrected chi connectivity index (χ1v) is 10.7. The predicted octanol–water partition coefficient (Wildman–Crippen LogP) is 2.63. The van der Waals surface area contributed by atoms with Crippen molar-refractivity contribution in [1.82, 2.24) is 19.8 Å². The van der Waals surface area contributed by atoms with Gasteiger partial charge in [0.15, 0.2) is 0 Å². The maximum Gasteiger partial charge on any atom is 0.236 e. The van der Waals surface area contributed by atoms with Crippen molar-refractivity contribution < 1.29 is 4.79 Å². The molecule has 1 aliphatic carbocycles. The van der Waals surface area contributed by atoms with E-state index in [9.17, 15) is 4.79 Å². The van der Waals surface area contributed by atoms with Crippen molar-refractivity contribution in [3.05, 3.63) is 17.0 Å². The maximum atomic E-state index is 12.7. The monoisotopic (exact) mass is 391 g/mol. The Morgan fingerprint density at radius 2 is 1.78 bits per heavy atom. The van der Waals surface area contributed by atoms with Crippen LogP contribution in [0.15, 0.2) is 6.07 Å². The van der Waals surface area contributed by atoms with Gasteiger partial charge in [-0.25, -0.2) is 9.97 Å². The number of halogens is 1. The van der Waals surface area contributed by atoms with E-state index in [2.05, 4.69) is 33.5 Å². The van der Waals surface area contributed by atoms with Crippen molar-refractivity contribution in [3.63, 3.8) is 0 Å². The van der Waals surface area contributed by atoms with Crippen LogP contribution in [0.2, 0.25) is 5.15 Å². The minimum atomic E-state index is 0.281. The number of anilines is 1. The Hall–Kier alpha value is -1.40. The highest BCUT2D eigenvalue weighted by atomic mass is 35.5. The van der Waals surface area contributed by atoms with Crippen LogP contribution in [-0.4, -0.2) is 71.5 Å². The number of rotatable bonds is 4. The van der Waals surface area contributed by atoms with Gasteiger partial charge in [0.1, 0.15) is 16.8 Å². The highest BCUT2D eigenvalue weighted by Gasteiger charge is 2.30. The maximum absolute atomic E-state index is 12.7. The van der Waals surface area contributed by atoms with Crippen molar-refractivity contribution in [2.45, 2.75) is 39.0 Å². The average molecular weight is 392 g/mol. The molecule has 1 aromatic rings. The third kappa shape index (κ3) is 4.72. The Morgan fingerprint density at radius 1 is 1.11 bits per heavy atom. The number of hydrogen-bond acceptors (Lipinski definition) is 5. The van der Waals surface area contributed by atoms with Gasteiger partial charge in [0.05, 0.1) is 6.54 Å². The number of aromatic nitrogens is 2. The Kier molecular flexibility index (Phi) is 5.55. The van der Waals surface area contributed by atoms with Gasteiger partial charge in [-0.05, 0) is 31.1 Å². The summed E-state index contributed by atoms with van der Waals surface area (Å²) in [6.45, 7) is 10.4. The van der Waals surface area contributed by atoms with Crippen LogP contribution in [0.1, 0.15) is 44.9 Å². The lowest BCUT2D eigenvalue weighted by atomic mass is 9.92. The van der Waals surface area contributed by atoms with Gasteiger partial charge < -0.3 is 9.80 Å². The predicted molar refractivity (Wildman–Crippen MR) is 107 cm³/mol. The summed E-state index contributed by atoms with van der Waals surface area (Å²) < 4.78 is 0. The molecule has 2 unspecified atom stereocenters. The highest BCUT2D eigenvalue weighted by Crippen LogP contribution is 2.39. The molecule has 2 aliphatic heterocycles. The average Bonchev–Trinajstić information content (AvgIpc) is 3.46. The van der Waals surface area contributed by atoms with Crippen molar-refractivity contribution in [2.24, 2.45) is 11.8 Å². The standard InChI is InChI=1S/C20H30ClN5O/c1-14-9-15(2)12-26(11-14)19(27)13-24-5-7-25(8-6-24)18-10-17(21)22-20(23-18)16-3-4-16/h10,14-16H,3-9,11-13H2,1-2H3. The summed E-state index contributed by atoms with van der Waals surface area (Å²) in [6, 6.07) is 1.87. The summed E-state index contributed by atoms with van der Waals surface area (Å²) in [5.41, 5.74) is 0. The number of nitrogens with zero attached hydrogens (tertiary/aromatic N) is 5. The number of likely N-dealkylation sites (tertiary alicyclic amines) is 1. The number of carbonyl (C=O) groups excluding carboxylic acids is 1. The van der Waals surface area contributed by atoms with E-state index in [0.29, 0.717) is 29.5 Å². The second kappa shape index (κ2) is 7.92. The topological polar surface area (TPSA) is 52.6 Å². The zero-order valence-corrected chi connectivity index (χ0v) is 17.2. The molecule has 7 heteroatoms. The van der Waals surface area contributed by atoms with E-state index in [-0.39, 0.29) is 5.91 Å². The lowest BCUT2D eigenvalue weighted by Gasteiger charge is -2.38. The molecule has 3 fully saturated rings. The van der Waals surface area contributed by atoms with Gasteiger partial charge in [0.2, 0.25) is 5.91 Å². The second-order valence-corrected chi connectivity index (χ2v) is 9.08. The molecule has 3 heterocycles. The van der Waals surface area contributed by atoms with Crippen LogP contribution in [0.3, 0.4) is 0 Å². The van der Waals surface area contributed by atoms with E-state index in [0.717, 1.165) is 50.9 Å². The van der Waals surface area contributed by atoms with Gasteiger partial charge in [-0.15, -0.1) is 0 Å². The summed E-state index contributed by atoms with van der Waals surface area (Å²) >= 11 is 6.21. The minimum Gasteiger partial charge on any atom is -0.354 e. The number of hydrogen-bond donors (Lipinski definition) is 0. The third-order valence-electron chi connectivity index (χ3n) is 5.92. The fourth-order valence-corrected chi connectivity index (χ4v) is 4.59. The highest BCUT2D eigenvalue weighted by molar-refractivity contribution is 6.29. The molecule has 1 amide bonds. The normalized spacial score (nSPS) is 27.1. The molecule has 2 saturated heterocycles. The molecule has 4 rings (SSSR count). The molecule has 0 bridgehead atoms. The Bertz CT molecular complexity index is 677. The number of amides is 1. The molecular formula is C20H30ClN5O. The molecule has 0 radical (unpaired) electrons. The van der Waals surface area contributed by atoms with E-state index >= 15 is 0 Å². The second-order valence-electron chi connectivity index (χ2n) is 8.69. The Morgan fingerprint density at radius 3 is 2.41 bits per heavy atom. The third-order valence-corrected chi connectivity index (χ3v) is 6.11. The molecule has 3 aliphatic rings. The van der Waals surface area contributed by atoms with Crippen LogP contribution in [-0.2, 0) is 4.79 Å². The lowest BCUT2D eigenvalue weighted by Crippen LogP contribution is -2.52. The van der Waals surface area contributed by atoms with Crippen LogP contribution in [0.4, 0.5) is 5.82 Å². The van der Waals surface area contributed by atoms with Gasteiger partial charge in [-0.1, -0.05) is 25.4 Å². The SMILES string of the molecule is CC1CC(C)CN(C(=O)CN2CCN(c3cc(Cl)nc(C4CC4)n3)CC2)C1. The van der Waals surface area contributed by atoms with Crippen molar-refractivity contribution in [2.75, 3.05) is 50.7 Å². The van der Waals surface area contributed by atoms with Gasteiger partial charge in [-0.2, -0.15) is 0 Å². The summed E-state index contributed by atoms with van der Waals surface area (Å²) in [6.07, 6.45) is 3.57. The first kappa shape index (κ1) is 18.9. The molecule has 2 atom stereocenters. The first-order chi connectivity index (χ1) is 13.0. The van der Waals surface area contributed by atoms with Gasteiger partial charge >= 0.3 is 0 Å². The Balaban J connectivity index is 1.31. The number of piperidine rings is 1. The van der Waals surface area contributed by atoms with Gasteiger partial charge in [-0.3, -0.25) is 9.69 Å². The van der Waals surface area contributed by atoms with E-state index in [4.69, 9.17) is 16.6 Å². The molecule has 1 saturated carbocycles. The van der Waals surface area contributed by atoms with E-state index in [1.165, 1.54) is 19.3 Å². The molecule has 0 spiro atoms. The zero-order valence-electron chi connectivity index (χ0n) is 16.4. The molecule has 6 nitrogen and oxygen atoms in total. The van der Waals surface area contributed by atoms with Crippen LogP contribution in [0, 0.1) is 11.8 Å². The van der Waals surface area contributed by atoms with E-state index in [1.807, 2.05) is 6.07 Å². The van der Waals surface area contributed by atoms with Crippen molar-refractivity contribution in [1.29, 1.82) is 0 Å².